The van der Waals surface area contributed by atoms with E-state index in [2.05, 4.69) is 15.3 Å². The summed E-state index contributed by atoms with van der Waals surface area (Å²) in [6, 6.07) is 0. The van der Waals surface area contributed by atoms with E-state index in [0.717, 1.165) is 18.5 Å². The predicted octanol–water partition coefficient (Wildman–Crippen LogP) is -0.171. The monoisotopic (exact) mass is 218 g/mol. The molecule has 6 nitrogen and oxygen atoms in total. The zero-order valence-electron chi connectivity index (χ0n) is 7.71. The number of rotatable bonds is 4. The Morgan fingerprint density at radius 2 is 2.36 bits per heavy atom. The van der Waals surface area contributed by atoms with Gasteiger partial charge >= 0.3 is 0 Å². The van der Waals surface area contributed by atoms with Crippen LogP contribution in [0.25, 0.3) is 0 Å². The summed E-state index contributed by atoms with van der Waals surface area (Å²) in [7, 11) is 0. The highest BCUT2D eigenvalue weighted by molar-refractivity contribution is 5.85. The van der Waals surface area contributed by atoms with Gasteiger partial charge in [0.2, 0.25) is 0 Å². The lowest BCUT2D eigenvalue weighted by Gasteiger charge is -2.00. The highest BCUT2D eigenvalue weighted by Gasteiger charge is 1.97. The molecule has 0 aromatic carbocycles. The normalized spacial score (nSPS) is 9.14. The molecule has 0 unspecified atom stereocenters. The summed E-state index contributed by atoms with van der Waals surface area (Å²) in [5, 5.41) is 9.62. The van der Waals surface area contributed by atoms with Gasteiger partial charge in [0.1, 0.15) is 0 Å². The first-order valence-electron chi connectivity index (χ1n) is 4.06. The van der Waals surface area contributed by atoms with Crippen LogP contribution in [0.4, 0.5) is 5.95 Å². The number of H-pyrrole nitrogens is 1. The number of guanidine groups is 1. The third-order valence-electron chi connectivity index (χ3n) is 1.58. The number of halogens is 1. The van der Waals surface area contributed by atoms with E-state index in [1.165, 1.54) is 0 Å². The molecule has 7 heteroatoms. The minimum Gasteiger partial charge on any atom is -0.370 e. The van der Waals surface area contributed by atoms with E-state index in [-0.39, 0.29) is 18.4 Å². The van der Waals surface area contributed by atoms with Crippen LogP contribution in [-0.4, -0.2) is 22.5 Å². The zero-order chi connectivity index (χ0) is 9.68. The van der Waals surface area contributed by atoms with Crippen molar-refractivity contribution in [1.29, 1.82) is 5.41 Å². The van der Waals surface area contributed by atoms with Crippen LogP contribution < -0.4 is 16.8 Å². The number of anilines is 1. The molecule has 0 saturated carbocycles. The minimum absolute atomic E-state index is 0. The van der Waals surface area contributed by atoms with E-state index in [9.17, 15) is 0 Å². The SMILES string of the molecule is Cl.N=C(N)NCCCc1c[nH]c(N)n1. The fourth-order valence-electron chi connectivity index (χ4n) is 0.997. The molecule has 0 fully saturated rings. The fourth-order valence-corrected chi connectivity index (χ4v) is 0.997. The molecule has 14 heavy (non-hydrogen) atoms. The molecule has 0 aliphatic heterocycles. The lowest BCUT2D eigenvalue weighted by Crippen LogP contribution is -2.31. The van der Waals surface area contributed by atoms with E-state index >= 15 is 0 Å². The van der Waals surface area contributed by atoms with Gasteiger partial charge in [0.05, 0.1) is 5.69 Å². The maximum Gasteiger partial charge on any atom is 0.197 e. The number of nitrogens with one attached hydrogen (secondary N) is 3. The molecular weight excluding hydrogens is 204 g/mol. The molecule has 7 N–H and O–H groups in total. The Morgan fingerprint density at radius 1 is 1.64 bits per heavy atom. The van der Waals surface area contributed by atoms with E-state index in [4.69, 9.17) is 16.9 Å². The summed E-state index contributed by atoms with van der Waals surface area (Å²) in [5.41, 5.74) is 11.4. The van der Waals surface area contributed by atoms with Gasteiger partial charge < -0.3 is 21.8 Å². The standard InChI is InChI=1S/C7H14N6.ClH/c8-6(9)11-3-1-2-5-4-12-7(10)13-5;/h4H,1-3H2,(H4,8,9,11)(H3,10,12,13);1H. The zero-order valence-corrected chi connectivity index (χ0v) is 8.53. The summed E-state index contributed by atoms with van der Waals surface area (Å²) in [4.78, 5) is 6.83. The Balaban J connectivity index is 0.00000169. The number of hydrogen-bond acceptors (Lipinski definition) is 3. The van der Waals surface area contributed by atoms with Crippen molar-refractivity contribution in [2.75, 3.05) is 12.3 Å². The highest BCUT2D eigenvalue weighted by Crippen LogP contribution is 2.00. The molecule has 1 aromatic rings. The number of nitrogens with zero attached hydrogens (tertiary/aromatic N) is 1. The quantitative estimate of drug-likeness (QED) is 0.274. The third kappa shape index (κ3) is 4.56. The maximum absolute atomic E-state index is 6.91. The van der Waals surface area contributed by atoms with Crippen LogP contribution in [0.2, 0.25) is 0 Å². The van der Waals surface area contributed by atoms with Gasteiger partial charge in [-0.15, -0.1) is 12.4 Å². The minimum atomic E-state index is 0. The molecule has 0 bridgehead atoms. The Bertz CT molecular complexity index is 283. The fraction of sp³-hybridized carbons (Fsp3) is 0.429. The van der Waals surface area contributed by atoms with Gasteiger partial charge in [0, 0.05) is 12.7 Å². The largest absolute Gasteiger partial charge is 0.370 e. The van der Waals surface area contributed by atoms with Gasteiger partial charge in [-0.1, -0.05) is 0 Å². The molecular formula is C7H15ClN6. The second-order valence-electron chi connectivity index (χ2n) is 2.72. The molecule has 1 rings (SSSR count). The van der Waals surface area contributed by atoms with Gasteiger partial charge in [-0.3, -0.25) is 5.41 Å². The smallest absolute Gasteiger partial charge is 0.197 e. The van der Waals surface area contributed by atoms with Gasteiger partial charge in [-0.05, 0) is 12.8 Å². The molecule has 0 atom stereocenters. The van der Waals surface area contributed by atoms with Crippen LogP contribution in [0.5, 0.6) is 0 Å². The lowest BCUT2D eigenvalue weighted by molar-refractivity contribution is 0.757. The van der Waals surface area contributed by atoms with Crippen LogP contribution in [0.1, 0.15) is 12.1 Å². The number of aryl methyl sites for hydroxylation is 1. The molecule has 0 radical (unpaired) electrons. The lowest BCUT2D eigenvalue weighted by atomic mass is 10.2. The summed E-state index contributed by atoms with van der Waals surface area (Å²) in [6.07, 6.45) is 3.49. The second kappa shape index (κ2) is 6.09. The van der Waals surface area contributed by atoms with E-state index in [1.54, 1.807) is 6.20 Å². The molecule has 0 aliphatic rings. The first-order chi connectivity index (χ1) is 6.18. The van der Waals surface area contributed by atoms with Gasteiger partial charge in [-0.25, -0.2) is 4.98 Å². The Hall–Kier alpha value is -1.43. The van der Waals surface area contributed by atoms with Crippen LogP contribution in [0.15, 0.2) is 6.20 Å². The first-order valence-corrected chi connectivity index (χ1v) is 4.06. The third-order valence-corrected chi connectivity index (χ3v) is 1.58. The molecule has 1 heterocycles. The van der Waals surface area contributed by atoms with Gasteiger partial charge in [0.25, 0.3) is 0 Å². The number of nitrogen functional groups attached to an aromatic ring is 1. The van der Waals surface area contributed by atoms with Crippen LogP contribution in [-0.2, 0) is 6.42 Å². The molecule has 1 aromatic heterocycles. The van der Waals surface area contributed by atoms with E-state index in [1.807, 2.05) is 0 Å². The Labute approximate surface area is 88.4 Å². The predicted molar refractivity (Wildman–Crippen MR) is 58.5 cm³/mol. The van der Waals surface area contributed by atoms with Crippen molar-refractivity contribution in [2.24, 2.45) is 5.73 Å². The number of aromatic nitrogens is 2. The first kappa shape index (κ1) is 12.6. The number of aromatic amines is 1. The number of nitrogens with two attached hydrogens (primary N) is 2. The van der Waals surface area contributed by atoms with Crippen molar-refractivity contribution in [3.63, 3.8) is 0 Å². The summed E-state index contributed by atoms with van der Waals surface area (Å²) < 4.78 is 0. The summed E-state index contributed by atoms with van der Waals surface area (Å²) >= 11 is 0. The Kier molecular flexibility index (Phi) is 5.47. The number of imidazole rings is 1. The van der Waals surface area contributed by atoms with Crippen molar-refractivity contribution < 1.29 is 0 Å². The van der Waals surface area contributed by atoms with E-state index < -0.39 is 0 Å². The van der Waals surface area contributed by atoms with E-state index in [0.29, 0.717) is 12.5 Å². The molecule has 0 aliphatic carbocycles. The maximum atomic E-state index is 6.91. The van der Waals surface area contributed by atoms with Gasteiger partial charge in [0.15, 0.2) is 11.9 Å². The highest BCUT2D eigenvalue weighted by atomic mass is 35.5. The molecule has 0 saturated heterocycles. The van der Waals surface area contributed by atoms with Gasteiger partial charge in [-0.2, -0.15) is 0 Å². The van der Waals surface area contributed by atoms with Crippen molar-refractivity contribution in [2.45, 2.75) is 12.8 Å². The average molecular weight is 219 g/mol. The summed E-state index contributed by atoms with van der Waals surface area (Å²) in [5.74, 6) is 0.441. The average Bonchev–Trinajstić information content (AvgIpc) is 2.45. The summed E-state index contributed by atoms with van der Waals surface area (Å²) in [6.45, 7) is 0.683. The molecule has 80 valence electrons. The van der Waals surface area contributed by atoms with Crippen molar-refractivity contribution in [3.05, 3.63) is 11.9 Å². The Morgan fingerprint density at radius 3 is 2.86 bits per heavy atom. The second-order valence-corrected chi connectivity index (χ2v) is 2.72. The topological polar surface area (TPSA) is 117 Å². The number of hydrogen-bond donors (Lipinski definition) is 5. The van der Waals surface area contributed by atoms with Crippen LogP contribution in [0, 0.1) is 5.41 Å². The van der Waals surface area contributed by atoms with Crippen LogP contribution in [0.3, 0.4) is 0 Å². The van der Waals surface area contributed by atoms with Crippen molar-refractivity contribution >= 4 is 24.3 Å². The molecule has 0 spiro atoms. The van der Waals surface area contributed by atoms with Crippen molar-refractivity contribution in [3.8, 4) is 0 Å². The molecule has 0 amide bonds. The van der Waals surface area contributed by atoms with Crippen molar-refractivity contribution in [1.82, 2.24) is 15.3 Å². The van der Waals surface area contributed by atoms with Crippen LogP contribution >= 0.6 is 12.4 Å².